The number of aromatic nitrogens is 3. The smallest absolute Gasteiger partial charge is 0.163 e. The third kappa shape index (κ3) is 5.07. The van der Waals surface area contributed by atoms with E-state index in [0.29, 0.717) is 12.5 Å². The predicted molar refractivity (Wildman–Crippen MR) is 122 cm³/mol. The molecule has 3 heterocycles. The van der Waals surface area contributed by atoms with E-state index in [4.69, 9.17) is 9.97 Å². The molecule has 6 heteroatoms. The van der Waals surface area contributed by atoms with Crippen LogP contribution in [0.2, 0.25) is 0 Å². The van der Waals surface area contributed by atoms with Crippen LogP contribution in [0.3, 0.4) is 0 Å². The van der Waals surface area contributed by atoms with Gasteiger partial charge in [0.15, 0.2) is 5.82 Å². The van der Waals surface area contributed by atoms with E-state index in [1.165, 1.54) is 6.07 Å². The number of likely N-dealkylation sites (tertiary alicyclic amines) is 1. The van der Waals surface area contributed by atoms with Crippen molar-refractivity contribution < 1.29 is 4.39 Å². The van der Waals surface area contributed by atoms with E-state index in [9.17, 15) is 4.39 Å². The Morgan fingerprint density at radius 3 is 2.48 bits per heavy atom. The molecule has 0 unspecified atom stereocenters. The molecule has 1 fully saturated rings. The highest BCUT2D eigenvalue weighted by Gasteiger charge is 2.24. The van der Waals surface area contributed by atoms with Gasteiger partial charge in [0, 0.05) is 60.8 Å². The van der Waals surface area contributed by atoms with Crippen LogP contribution in [0.25, 0.3) is 11.4 Å². The lowest BCUT2D eigenvalue weighted by atomic mass is 9.92. The van der Waals surface area contributed by atoms with Gasteiger partial charge in [0.1, 0.15) is 11.6 Å². The van der Waals surface area contributed by atoms with Crippen molar-refractivity contribution in [1.29, 1.82) is 0 Å². The van der Waals surface area contributed by atoms with Crippen molar-refractivity contribution in [1.82, 2.24) is 19.9 Å². The highest BCUT2D eigenvalue weighted by atomic mass is 19.1. The first-order valence-corrected chi connectivity index (χ1v) is 11.2. The Bertz CT molecular complexity index is 982. The second-order valence-electron chi connectivity index (χ2n) is 8.03. The highest BCUT2D eigenvalue weighted by Crippen LogP contribution is 2.31. The van der Waals surface area contributed by atoms with Crippen molar-refractivity contribution in [2.24, 2.45) is 0 Å². The third-order valence-corrected chi connectivity index (χ3v) is 6.10. The van der Waals surface area contributed by atoms with Crippen LogP contribution in [-0.2, 0) is 6.54 Å². The zero-order chi connectivity index (χ0) is 21.6. The number of halogens is 1. The SMILES string of the molecule is CCN(CC)c1cc(C2CCN(Cc3ccccc3F)CC2)nc(-c2cccnc2)n1. The number of benzene rings is 1. The summed E-state index contributed by atoms with van der Waals surface area (Å²) in [5.74, 6) is 1.97. The van der Waals surface area contributed by atoms with E-state index >= 15 is 0 Å². The van der Waals surface area contributed by atoms with Gasteiger partial charge < -0.3 is 4.90 Å². The zero-order valence-electron chi connectivity index (χ0n) is 18.3. The second-order valence-corrected chi connectivity index (χ2v) is 8.03. The monoisotopic (exact) mass is 419 g/mol. The molecule has 5 nitrogen and oxygen atoms in total. The third-order valence-electron chi connectivity index (χ3n) is 6.10. The predicted octanol–water partition coefficient (Wildman–Crippen LogP) is 4.90. The van der Waals surface area contributed by atoms with Gasteiger partial charge >= 0.3 is 0 Å². The van der Waals surface area contributed by atoms with Gasteiger partial charge in [-0.1, -0.05) is 18.2 Å². The fraction of sp³-hybridized carbons (Fsp3) is 0.400. The molecule has 2 aromatic heterocycles. The van der Waals surface area contributed by atoms with Gasteiger partial charge in [-0.3, -0.25) is 9.88 Å². The van der Waals surface area contributed by atoms with Crippen molar-refractivity contribution >= 4 is 5.82 Å². The van der Waals surface area contributed by atoms with Gasteiger partial charge in [0.2, 0.25) is 0 Å². The summed E-state index contributed by atoms with van der Waals surface area (Å²) in [5, 5.41) is 0. The first kappa shape index (κ1) is 21.4. The van der Waals surface area contributed by atoms with Crippen LogP contribution in [0.1, 0.15) is 43.9 Å². The topological polar surface area (TPSA) is 45.2 Å². The molecule has 0 saturated carbocycles. The Balaban J connectivity index is 1.53. The number of hydrogen-bond donors (Lipinski definition) is 0. The summed E-state index contributed by atoms with van der Waals surface area (Å²) in [6.07, 6.45) is 5.61. The molecule has 1 aliphatic rings. The molecule has 162 valence electrons. The number of hydrogen-bond acceptors (Lipinski definition) is 5. The Labute approximate surface area is 184 Å². The molecule has 0 aliphatic carbocycles. The van der Waals surface area contributed by atoms with Gasteiger partial charge in [-0.05, 0) is 58.0 Å². The normalized spacial score (nSPS) is 15.2. The van der Waals surface area contributed by atoms with Crippen LogP contribution >= 0.6 is 0 Å². The summed E-state index contributed by atoms with van der Waals surface area (Å²) in [4.78, 5) is 18.6. The second kappa shape index (κ2) is 9.96. The number of piperidine rings is 1. The van der Waals surface area contributed by atoms with Crippen LogP contribution < -0.4 is 4.90 Å². The Kier molecular flexibility index (Phi) is 6.87. The van der Waals surface area contributed by atoms with Crippen molar-refractivity contribution in [3.05, 3.63) is 71.9 Å². The van der Waals surface area contributed by atoms with Crippen LogP contribution in [0.4, 0.5) is 10.2 Å². The van der Waals surface area contributed by atoms with Crippen LogP contribution in [0, 0.1) is 5.82 Å². The summed E-state index contributed by atoms with van der Waals surface area (Å²) >= 11 is 0. The van der Waals surface area contributed by atoms with Gasteiger partial charge in [-0.2, -0.15) is 0 Å². The van der Waals surface area contributed by atoms with Crippen molar-refractivity contribution in [3.63, 3.8) is 0 Å². The minimum absolute atomic E-state index is 0.120. The summed E-state index contributed by atoms with van der Waals surface area (Å²) in [7, 11) is 0. The molecule has 0 amide bonds. The molecule has 0 spiro atoms. The van der Waals surface area contributed by atoms with Crippen molar-refractivity contribution in [3.8, 4) is 11.4 Å². The first-order valence-electron chi connectivity index (χ1n) is 11.2. The van der Waals surface area contributed by atoms with Gasteiger partial charge in [-0.25, -0.2) is 14.4 Å². The number of rotatable bonds is 7. The molecule has 1 saturated heterocycles. The van der Waals surface area contributed by atoms with Crippen LogP contribution in [0.15, 0.2) is 54.9 Å². The zero-order valence-corrected chi connectivity index (χ0v) is 18.3. The van der Waals surface area contributed by atoms with E-state index in [2.05, 4.69) is 34.7 Å². The van der Waals surface area contributed by atoms with E-state index < -0.39 is 0 Å². The number of nitrogens with zero attached hydrogens (tertiary/aromatic N) is 5. The molecule has 0 N–H and O–H groups in total. The molecule has 1 aromatic carbocycles. The minimum Gasteiger partial charge on any atom is -0.357 e. The number of pyridine rings is 1. The summed E-state index contributed by atoms with van der Waals surface area (Å²) in [5.41, 5.74) is 2.81. The molecule has 0 bridgehead atoms. The summed E-state index contributed by atoms with van der Waals surface area (Å²) in [6.45, 7) is 8.64. The van der Waals surface area contributed by atoms with Crippen LogP contribution in [-0.4, -0.2) is 46.0 Å². The number of anilines is 1. The molecule has 0 atom stereocenters. The first-order chi connectivity index (χ1) is 15.2. The molecule has 3 aromatic rings. The molecule has 1 aliphatic heterocycles. The Morgan fingerprint density at radius 2 is 1.81 bits per heavy atom. The fourth-order valence-corrected chi connectivity index (χ4v) is 4.25. The molecular formula is C25H30FN5. The maximum Gasteiger partial charge on any atom is 0.163 e. The average Bonchev–Trinajstić information content (AvgIpc) is 2.82. The highest BCUT2D eigenvalue weighted by molar-refractivity contribution is 5.57. The maximum atomic E-state index is 14.0. The quantitative estimate of drug-likeness (QED) is 0.545. The molecule has 31 heavy (non-hydrogen) atoms. The summed E-state index contributed by atoms with van der Waals surface area (Å²) < 4.78 is 14.0. The van der Waals surface area contributed by atoms with E-state index in [0.717, 1.165) is 67.5 Å². The largest absolute Gasteiger partial charge is 0.357 e. The van der Waals surface area contributed by atoms with Crippen molar-refractivity contribution in [2.45, 2.75) is 39.2 Å². The molecule has 0 radical (unpaired) electrons. The molecule has 4 rings (SSSR count). The minimum atomic E-state index is -0.120. The lowest BCUT2D eigenvalue weighted by Crippen LogP contribution is -2.33. The van der Waals surface area contributed by atoms with Gasteiger partial charge in [0.05, 0.1) is 0 Å². The fourth-order valence-electron chi connectivity index (χ4n) is 4.25. The Hall–Kier alpha value is -2.86. The van der Waals surface area contributed by atoms with E-state index in [-0.39, 0.29) is 5.82 Å². The molecular weight excluding hydrogens is 389 g/mol. The standard InChI is InChI=1S/C25H30FN5/c1-3-31(4-2)24-16-23(28-25(29-24)20-9-7-13-27-17-20)19-11-14-30(15-12-19)18-21-8-5-6-10-22(21)26/h5-10,13,16-17,19H,3-4,11-12,14-15,18H2,1-2H3. The van der Waals surface area contributed by atoms with E-state index in [1.54, 1.807) is 12.3 Å². The van der Waals surface area contributed by atoms with Gasteiger partial charge in [0.25, 0.3) is 0 Å². The Morgan fingerprint density at radius 1 is 1.03 bits per heavy atom. The van der Waals surface area contributed by atoms with E-state index in [1.807, 2.05) is 30.5 Å². The average molecular weight is 420 g/mol. The van der Waals surface area contributed by atoms with Crippen molar-refractivity contribution in [2.75, 3.05) is 31.1 Å². The summed E-state index contributed by atoms with van der Waals surface area (Å²) in [6, 6.07) is 13.1. The lowest BCUT2D eigenvalue weighted by Gasteiger charge is -2.32. The van der Waals surface area contributed by atoms with Gasteiger partial charge in [-0.15, -0.1) is 0 Å². The van der Waals surface area contributed by atoms with Crippen LogP contribution in [0.5, 0.6) is 0 Å². The lowest BCUT2D eigenvalue weighted by molar-refractivity contribution is 0.201. The maximum absolute atomic E-state index is 14.0.